The van der Waals surface area contributed by atoms with Gasteiger partial charge in [-0.1, -0.05) is 24.3 Å². The lowest BCUT2D eigenvalue weighted by Crippen LogP contribution is -2.10. The molecule has 124 valence electrons. The Kier molecular flexibility index (Phi) is 5.01. The van der Waals surface area contributed by atoms with Gasteiger partial charge in [0.25, 0.3) is 0 Å². The van der Waals surface area contributed by atoms with Crippen molar-refractivity contribution in [2.45, 2.75) is 6.92 Å². The Bertz CT molecular complexity index is 751. The quantitative estimate of drug-likeness (QED) is 0.463. The van der Waals surface area contributed by atoms with Gasteiger partial charge in [-0.25, -0.2) is 4.79 Å². The summed E-state index contributed by atoms with van der Waals surface area (Å²) in [6, 6.07) is 13.2. The summed E-state index contributed by atoms with van der Waals surface area (Å²) in [7, 11) is 0. The van der Waals surface area contributed by atoms with Gasteiger partial charge in [-0.3, -0.25) is 0 Å². The number of hydrogen-bond donors (Lipinski definition) is 0. The summed E-state index contributed by atoms with van der Waals surface area (Å²) in [6.07, 6.45) is 3.05. The van der Waals surface area contributed by atoms with Gasteiger partial charge in [0.05, 0.1) is 0 Å². The van der Waals surface area contributed by atoms with E-state index in [1.165, 1.54) is 6.08 Å². The highest BCUT2D eigenvalue weighted by atomic mass is 16.7. The fourth-order valence-corrected chi connectivity index (χ4v) is 2.24. The van der Waals surface area contributed by atoms with Crippen LogP contribution in [-0.4, -0.2) is 26.0 Å². The highest BCUT2D eigenvalue weighted by Crippen LogP contribution is 2.32. The predicted molar refractivity (Wildman–Crippen MR) is 89.2 cm³/mol. The van der Waals surface area contributed by atoms with Gasteiger partial charge in [-0.15, -0.1) is 0 Å². The molecule has 0 saturated carbocycles. The van der Waals surface area contributed by atoms with Gasteiger partial charge < -0.3 is 18.9 Å². The third-order valence-electron chi connectivity index (χ3n) is 3.49. The fourth-order valence-electron chi connectivity index (χ4n) is 2.24. The fraction of sp³-hybridized carbons (Fsp3) is 0.211. The maximum atomic E-state index is 11.7. The van der Waals surface area contributed by atoms with E-state index in [2.05, 4.69) is 0 Å². The number of ether oxygens (including phenoxy) is 4. The molecule has 0 unspecified atom stereocenters. The van der Waals surface area contributed by atoms with Crippen LogP contribution in [0.4, 0.5) is 0 Å². The number of benzene rings is 2. The first-order valence-electron chi connectivity index (χ1n) is 7.65. The molecule has 0 bridgehead atoms. The summed E-state index contributed by atoms with van der Waals surface area (Å²) < 4.78 is 21.2. The molecule has 0 spiro atoms. The van der Waals surface area contributed by atoms with Crippen LogP contribution >= 0.6 is 0 Å². The van der Waals surface area contributed by atoms with Crippen molar-refractivity contribution < 1.29 is 23.7 Å². The molecule has 1 aliphatic heterocycles. The smallest absolute Gasteiger partial charge is 0.330 e. The summed E-state index contributed by atoms with van der Waals surface area (Å²) in [6.45, 7) is 2.70. The Hall–Kier alpha value is -2.95. The maximum absolute atomic E-state index is 11.7. The van der Waals surface area contributed by atoms with E-state index in [9.17, 15) is 4.79 Å². The van der Waals surface area contributed by atoms with Crippen LogP contribution in [0, 0.1) is 6.92 Å². The van der Waals surface area contributed by atoms with Crippen molar-refractivity contribution in [1.29, 1.82) is 0 Å². The lowest BCUT2D eigenvalue weighted by atomic mass is 10.2. The molecule has 0 N–H and O–H groups in total. The molecule has 3 rings (SSSR count). The Morgan fingerprint density at radius 1 is 1.12 bits per heavy atom. The molecule has 5 heteroatoms. The lowest BCUT2D eigenvalue weighted by molar-refractivity contribution is -0.138. The summed E-state index contributed by atoms with van der Waals surface area (Å²) in [5, 5.41) is 0. The van der Waals surface area contributed by atoms with E-state index in [0.717, 1.165) is 16.9 Å². The molecule has 0 amide bonds. The first-order valence-corrected chi connectivity index (χ1v) is 7.65. The summed E-state index contributed by atoms with van der Waals surface area (Å²) >= 11 is 0. The second kappa shape index (κ2) is 7.55. The zero-order valence-corrected chi connectivity index (χ0v) is 13.4. The molecule has 24 heavy (non-hydrogen) atoms. The van der Waals surface area contributed by atoms with Gasteiger partial charge in [0.2, 0.25) is 6.79 Å². The highest BCUT2D eigenvalue weighted by Gasteiger charge is 2.12. The molecular formula is C19H18O5. The zero-order chi connectivity index (χ0) is 16.8. The van der Waals surface area contributed by atoms with E-state index in [4.69, 9.17) is 18.9 Å². The third kappa shape index (κ3) is 4.07. The Balaban J connectivity index is 1.43. The zero-order valence-electron chi connectivity index (χ0n) is 13.4. The largest absolute Gasteiger partial charge is 0.490 e. The average Bonchev–Trinajstić information content (AvgIpc) is 3.06. The van der Waals surface area contributed by atoms with Crippen LogP contribution in [-0.2, 0) is 9.53 Å². The second-order valence-corrected chi connectivity index (χ2v) is 5.23. The minimum Gasteiger partial charge on any atom is -0.490 e. The molecular weight excluding hydrogens is 308 g/mol. The standard InChI is InChI=1S/C19H18O5/c1-14-4-2-3-5-16(14)21-10-11-22-19(20)9-7-15-6-8-17-18(12-15)24-13-23-17/h2-9,12H,10-11,13H2,1H3/b9-7+. The summed E-state index contributed by atoms with van der Waals surface area (Å²) in [5.41, 5.74) is 1.89. The maximum Gasteiger partial charge on any atom is 0.330 e. The van der Waals surface area contributed by atoms with Gasteiger partial charge in [-0.2, -0.15) is 0 Å². The molecule has 0 aliphatic carbocycles. The van der Waals surface area contributed by atoms with Crippen molar-refractivity contribution in [1.82, 2.24) is 0 Å². The third-order valence-corrected chi connectivity index (χ3v) is 3.49. The van der Waals surface area contributed by atoms with Gasteiger partial charge in [0, 0.05) is 6.08 Å². The van der Waals surface area contributed by atoms with Crippen LogP contribution in [0.25, 0.3) is 6.08 Å². The Labute approximate surface area is 140 Å². The average molecular weight is 326 g/mol. The van der Waals surface area contributed by atoms with Crippen molar-refractivity contribution in [2.24, 2.45) is 0 Å². The number of rotatable bonds is 6. The number of carbonyl (C=O) groups excluding carboxylic acids is 1. The molecule has 2 aromatic rings. The molecule has 5 nitrogen and oxygen atoms in total. The molecule has 1 aliphatic rings. The van der Waals surface area contributed by atoms with E-state index < -0.39 is 5.97 Å². The first kappa shape index (κ1) is 15.9. The van der Waals surface area contributed by atoms with E-state index in [0.29, 0.717) is 18.1 Å². The van der Waals surface area contributed by atoms with E-state index >= 15 is 0 Å². The molecule has 0 aromatic heterocycles. The molecule has 0 fully saturated rings. The highest BCUT2D eigenvalue weighted by molar-refractivity contribution is 5.87. The number of carbonyl (C=O) groups is 1. The minimum atomic E-state index is -0.416. The van der Waals surface area contributed by atoms with Crippen LogP contribution in [0.1, 0.15) is 11.1 Å². The summed E-state index contributed by atoms with van der Waals surface area (Å²) in [4.78, 5) is 11.7. The van der Waals surface area contributed by atoms with Crippen molar-refractivity contribution >= 4 is 12.0 Å². The van der Waals surface area contributed by atoms with Crippen LogP contribution in [0.3, 0.4) is 0 Å². The van der Waals surface area contributed by atoms with E-state index in [1.807, 2.05) is 49.4 Å². The number of esters is 1. The van der Waals surface area contributed by atoms with Gasteiger partial charge in [0.1, 0.15) is 19.0 Å². The number of aryl methyl sites for hydroxylation is 1. The lowest BCUT2D eigenvalue weighted by Gasteiger charge is -2.08. The Morgan fingerprint density at radius 3 is 2.83 bits per heavy atom. The van der Waals surface area contributed by atoms with Crippen molar-refractivity contribution in [3.8, 4) is 17.2 Å². The SMILES string of the molecule is Cc1ccccc1OCCOC(=O)/C=C/c1ccc2c(c1)OCO2. The van der Waals surface area contributed by atoms with Gasteiger partial charge in [0.15, 0.2) is 11.5 Å². The predicted octanol–water partition coefficient (Wildman–Crippen LogP) is 3.36. The van der Waals surface area contributed by atoms with Crippen LogP contribution in [0.15, 0.2) is 48.5 Å². The van der Waals surface area contributed by atoms with Gasteiger partial charge >= 0.3 is 5.97 Å². The number of para-hydroxylation sites is 1. The van der Waals surface area contributed by atoms with E-state index in [-0.39, 0.29) is 13.4 Å². The minimum absolute atomic E-state index is 0.193. The number of hydrogen-bond acceptors (Lipinski definition) is 5. The van der Waals surface area contributed by atoms with Crippen LogP contribution in [0.2, 0.25) is 0 Å². The van der Waals surface area contributed by atoms with Crippen LogP contribution in [0.5, 0.6) is 17.2 Å². The van der Waals surface area contributed by atoms with Crippen molar-refractivity contribution in [2.75, 3.05) is 20.0 Å². The van der Waals surface area contributed by atoms with Gasteiger partial charge in [-0.05, 0) is 42.3 Å². The summed E-state index contributed by atoms with van der Waals surface area (Å²) in [5.74, 6) is 1.77. The molecule has 0 saturated heterocycles. The molecule has 2 aromatic carbocycles. The van der Waals surface area contributed by atoms with E-state index in [1.54, 1.807) is 6.08 Å². The number of fused-ring (bicyclic) bond motifs is 1. The second-order valence-electron chi connectivity index (χ2n) is 5.23. The molecule has 0 radical (unpaired) electrons. The molecule has 1 heterocycles. The Morgan fingerprint density at radius 2 is 1.96 bits per heavy atom. The first-order chi connectivity index (χ1) is 11.7. The topological polar surface area (TPSA) is 54.0 Å². The van der Waals surface area contributed by atoms with Crippen molar-refractivity contribution in [3.63, 3.8) is 0 Å². The van der Waals surface area contributed by atoms with Crippen LogP contribution < -0.4 is 14.2 Å². The normalized spacial score (nSPS) is 12.4. The monoisotopic (exact) mass is 326 g/mol. The van der Waals surface area contributed by atoms with Crippen molar-refractivity contribution in [3.05, 3.63) is 59.7 Å². The molecule has 0 atom stereocenters.